The van der Waals surface area contributed by atoms with Crippen molar-refractivity contribution in [1.82, 2.24) is 10.6 Å². The Morgan fingerprint density at radius 1 is 0.872 bits per heavy atom. The minimum Gasteiger partial charge on any atom is -0.335 e. The molecule has 0 unspecified atom stereocenters. The largest absolute Gasteiger partial charge is 0.335 e. The summed E-state index contributed by atoms with van der Waals surface area (Å²) in [6.45, 7) is 0. The second-order valence-corrected chi connectivity index (χ2v) is 11.4. The van der Waals surface area contributed by atoms with Crippen molar-refractivity contribution in [3.63, 3.8) is 0 Å². The monoisotopic (exact) mass is 567 g/mol. The van der Waals surface area contributed by atoms with Gasteiger partial charge in [-0.15, -0.1) is 0 Å². The number of carbonyl (C=O) groups is 2. The lowest BCUT2D eigenvalue weighted by Gasteiger charge is -2.44. The maximum absolute atomic E-state index is 14.4. The number of anilines is 1. The molecule has 3 aromatic carbocycles. The van der Waals surface area contributed by atoms with Gasteiger partial charge in [-0.3, -0.25) is 4.79 Å². The van der Waals surface area contributed by atoms with Gasteiger partial charge in [0.1, 0.15) is 11.2 Å². The van der Waals surface area contributed by atoms with E-state index in [1.165, 1.54) is 18.6 Å². The summed E-state index contributed by atoms with van der Waals surface area (Å²) in [5, 5.41) is 10.6. The van der Waals surface area contributed by atoms with Crippen LogP contribution in [0.2, 0.25) is 10.0 Å². The summed E-state index contributed by atoms with van der Waals surface area (Å²) in [6.07, 6.45) is 7.09. The molecule has 8 heteroatoms. The number of nitrogens with one attached hydrogen (secondary N) is 3. The molecule has 2 aliphatic carbocycles. The van der Waals surface area contributed by atoms with Gasteiger partial charge in [-0.2, -0.15) is 0 Å². The Bertz CT molecular complexity index is 1350. The van der Waals surface area contributed by atoms with Crippen molar-refractivity contribution in [3.05, 3.63) is 99.8 Å². The Morgan fingerprint density at radius 3 is 2.33 bits per heavy atom. The highest BCUT2D eigenvalue weighted by molar-refractivity contribution is 6.31. The summed E-state index contributed by atoms with van der Waals surface area (Å²) in [6, 6.07) is 20.9. The van der Waals surface area contributed by atoms with E-state index in [1.54, 1.807) is 24.3 Å². The zero-order valence-electron chi connectivity index (χ0n) is 21.6. The molecule has 0 aromatic heterocycles. The molecule has 1 spiro atoms. The van der Waals surface area contributed by atoms with Crippen LogP contribution in [0.25, 0.3) is 0 Å². The van der Waals surface area contributed by atoms with Crippen molar-refractivity contribution in [2.24, 2.45) is 0 Å². The highest BCUT2D eigenvalue weighted by Gasteiger charge is 2.65. The van der Waals surface area contributed by atoms with Gasteiger partial charge >= 0.3 is 6.03 Å². The van der Waals surface area contributed by atoms with Crippen LogP contribution in [0.1, 0.15) is 62.5 Å². The number of carbonyl (C=O) groups excluding carboxylic acids is 2. The zero-order valence-corrected chi connectivity index (χ0v) is 23.1. The maximum atomic E-state index is 14.4. The molecule has 0 saturated heterocycles. The molecule has 5 nitrogen and oxygen atoms in total. The Morgan fingerprint density at radius 2 is 1.64 bits per heavy atom. The van der Waals surface area contributed by atoms with Crippen LogP contribution in [-0.2, 0) is 15.7 Å². The first-order valence-corrected chi connectivity index (χ1v) is 14.3. The minimum atomic E-state index is -1.07. The number of rotatable bonds is 3. The van der Waals surface area contributed by atoms with E-state index in [-0.39, 0.29) is 18.0 Å². The van der Waals surface area contributed by atoms with E-state index >= 15 is 0 Å². The topological polar surface area (TPSA) is 70.2 Å². The molecular weight excluding hydrogens is 536 g/mol. The van der Waals surface area contributed by atoms with Gasteiger partial charge in [-0.05, 0) is 79.6 Å². The van der Waals surface area contributed by atoms with E-state index in [4.69, 9.17) is 23.2 Å². The number of fused-ring (bicyclic) bond motifs is 2. The number of benzene rings is 3. The molecule has 1 aliphatic heterocycles. The minimum absolute atomic E-state index is 0.120. The van der Waals surface area contributed by atoms with Crippen molar-refractivity contribution in [2.45, 2.75) is 68.4 Å². The molecule has 0 radical (unpaired) electrons. The summed E-state index contributed by atoms with van der Waals surface area (Å²) in [5.41, 5.74) is -0.0558. The SMILES string of the molecule is Clc1ccccc1.O=C(NC1CCCCC1)N[C@]1(c2cccc(F)c2)CCC[C@]12C(=O)Nc1cc(Cl)ccc12. The first-order chi connectivity index (χ1) is 18.8. The molecule has 6 rings (SSSR count). The molecule has 3 aromatic rings. The van der Waals surface area contributed by atoms with Crippen molar-refractivity contribution in [2.75, 3.05) is 5.32 Å². The molecule has 39 heavy (non-hydrogen) atoms. The van der Waals surface area contributed by atoms with Crippen molar-refractivity contribution >= 4 is 40.8 Å². The van der Waals surface area contributed by atoms with Gasteiger partial charge in [0, 0.05) is 21.8 Å². The molecule has 2 fully saturated rings. The van der Waals surface area contributed by atoms with Gasteiger partial charge in [0.05, 0.1) is 5.54 Å². The molecule has 2 atom stereocenters. The predicted octanol–water partition coefficient (Wildman–Crippen LogP) is 7.72. The van der Waals surface area contributed by atoms with Crippen LogP contribution in [0.15, 0.2) is 72.8 Å². The fourth-order valence-corrected chi connectivity index (χ4v) is 6.84. The average molecular weight is 569 g/mol. The molecule has 3 aliphatic rings. The van der Waals surface area contributed by atoms with Crippen LogP contribution >= 0.6 is 23.2 Å². The van der Waals surface area contributed by atoms with E-state index in [9.17, 15) is 14.0 Å². The predicted molar refractivity (Wildman–Crippen MR) is 154 cm³/mol. The summed E-state index contributed by atoms with van der Waals surface area (Å²) < 4.78 is 14.4. The number of hydrogen-bond acceptors (Lipinski definition) is 2. The second kappa shape index (κ2) is 11.6. The molecule has 1 heterocycles. The molecule has 204 valence electrons. The number of hydrogen-bond donors (Lipinski definition) is 3. The van der Waals surface area contributed by atoms with Crippen LogP contribution in [0.5, 0.6) is 0 Å². The normalized spacial score (nSPS) is 23.9. The standard InChI is InChI=1S/C25H27ClFN3O2.C6H5Cl/c26-17-10-11-20-21(15-17)29-22(31)24(20)12-5-13-25(24,16-6-4-7-18(27)14-16)30-23(32)28-19-8-2-1-3-9-19;7-6-4-2-1-3-5-6/h4,6-7,10-11,14-15,19H,1-3,5,8-9,12-13H2,(H,29,31)(H2,28,30,32);1-5H/t24-,25-;/m0./s1. The van der Waals surface area contributed by atoms with Gasteiger partial charge < -0.3 is 16.0 Å². The van der Waals surface area contributed by atoms with E-state index < -0.39 is 16.8 Å². The van der Waals surface area contributed by atoms with Crippen molar-refractivity contribution in [3.8, 4) is 0 Å². The molecule has 2 saturated carbocycles. The van der Waals surface area contributed by atoms with E-state index in [0.717, 1.165) is 42.7 Å². The second-order valence-electron chi connectivity index (χ2n) is 10.5. The molecule has 0 bridgehead atoms. The van der Waals surface area contributed by atoms with Crippen LogP contribution in [0.4, 0.5) is 14.9 Å². The van der Waals surface area contributed by atoms with E-state index in [0.29, 0.717) is 29.1 Å². The lowest BCUT2D eigenvalue weighted by Crippen LogP contribution is -2.62. The zero-order chi connectivity index (χ0) is 27.5. The van der Waals surface area contributed by atoms with Gasteiger partial charge in [-0.25, -0.2) is 9.18 Å². The Hall–Kier alpha value is -3.09. The quantitative estimate of drug-likeness (QED) is 0.303. The van der Waals surface area contributed by atoms with E-state index in [2.05, 4.69) is 16.0 Å². The molecule has 3 N–H and O–H groups in total. The van der Waals surface area contributed by atoms with Crippen LogP contribution in [-0.4, -0.2) is 18.0 Å². The summed E-state index contributed by atoms with van der Waals surface area (Å²) in [4.78, 5) is 26.9. The average Bonchev–Trinajstić information content (AvgIpc) is 3.43. The lowest BCUT2D eigenvalue weighted by molar-refractivity contribution is -0.123. The first kappa shape index (κ1) is 27.5. The maximum Gasteiger partial charge on any atom is 0.315 e. The fraction of sp³-hybridized carbons (Fsp3) is 0.355. The van der Waals surface area contributed by atoms with Gasteiger partial charge in [0.25, 0.3) is 0 Å². The third-order valence-electron chi connectivity index (χ3n) is 8.23. The first-order valence-electron chi connectivity index (χ1n) is 13.5. The lowest BCUT2D eigenvalue weighted by atomic mass is 9.64. The third-order valence-corrected chi connectivity index (χ3v) is 8.71. The van der Waals surface area contributed by atoms with Gasteiger partial charge in [-0.1, -0.05) is 78.9 Å². The summed E-state index contributed by atoms with van der Waals surface area (Å²) >= 11 is 11.7. The Kier molecular flexibility index (Phi) is 8.15. The molecule has 3 amide bonds. The van der Waals surface area contributed by atoms with Crippen LogP contribution in [0, 0.1) is 5.82 Å². The highest BCUT2D eigenvalue weighted by atomic mass is 35.5. The highest BCUT2D eigenvalue weighted by Crippen LogP contribution is 2.59. The number of urea groups is 1. The van der Waals surface area contributed by atoms with Gasteiger partial charge in [0.2, 0.25) is 5.91 Å². The van der Waals surface area contributed by atoms with Crippen LogP contribution < -0.4 is 16.0 Å². The smallest absolute Gasteiger partial charge is 0.315 e. The van der Waals surface area contributed by atoms with Crippen molar-refractivity contribution < 1.29 is 14.0 Å². The third kappa shape index (κ3) is 5.37. The van der Waals surface area contributed by atoms with Crippen molar-refractivity contribution in [1.29, 1.82) is 0 Å². The summed E-state index contributed by atoms with van der Waals surface area (Å²) in [7, 11) is 0. The summed E-state index contributed by atoms with van der Waals surface area (Å²) in [5.74, 6) is -0.581. The number of halogens is 3. The van der Waals surface area contributed by atoms with Crippen LogP contribution in [0.3, 0.4) is 0 Å². The molecular formula is C31H32Cl2FN3O2. The van der Waals surface area contributed by atoms with E-state index in [1.807, 2.05) is 36.4 Å². The Balaban J connectivity index is 0.000000384. The fourth-order valence-electron chi connectivity index (χ4n) is 6.52. The number of amides is 3. The Labute approximate surface area is 238 Å². The van der Waals surface area contributed by atoms with Gasteiger partial charge in [0.15, 0.2) is 0 Å².